The summed E-state index contributed by atoms with van der Waals surface area (Å²) in [5.41, 5.74) is -0.0278. The molecule has 0 spiro atoms. The molecule has 0 saturated heterocycles. The predicted octanol–water partition coefficient (Wildman–Crippen LogP) is 1.52. The van der Waals surface area contributed by atoms with Crippen molar-refractivity contribution in [2.45, 2.75) is 0 Å². The van der Waals surface area contributed by atoms with E-state index in [2.05, 4.69) is 0 Å². The van der Waals surface area contributed by atoms with E-state index in [0.29, 0.717) is 0 Å². The van der Waals surface area contributed by atoms with Gasteiger partial charge in [-0.1, -0.05) is 6.07 Å². The Bertz CT molecular complexity index is 262. The normalized spacial score (nSPS) is 8.45. The average Bonchev–Trinajstić information content (AvgIpc) is 1.88. The molecule has 0 atom stereocenters. The first-order valence-electron chi connectivity index (χ1n) is 2.69. The molecule has 0 saturated carbocycles. The molecule has 0 bridgehead atoms. The van der Waals surface area contributed by atoms with Crippen molar-refractivity contribution in [1.82, 2.24) is 0 Å². The minimum absolute atomic E-state index is 0. The number of carboxylic acid groups (broad SMARTS) is 1. The van der Waals surface area contributed by atoms with Crippen molar-refractivity contribution >= 4 is 5.97 Å². The Kier molecular flexibility index (Phi) is 3.76. The van der Waals surface area contributed by atoms with Crippen molar-refractivity contribution < 1.29 is 30.8 Å². The van der Waals surface area contributed by atoms with Gasteiger partial charge in [0.05, 0.1) is 5.56 Å². The van der Waals surface area contributed by atoms with E-state index in [4.69, 9.17) is 5.11 Å². The second-order valence-electron chi connectivity index (χ2n) is 1.82. The van der Waals surface area contributed by atoms with Gasteiger partial charge in [-0.15, -0.1) is 0 Å². The Morgan fingerprint density at radius 3 is 2.45 bits per heavy atom. The van der Waals surface area contributed by atoms with Gasteiger partial charge in [-0.25, -0.2) is 9.18 Å². The third-order valence-corrected chi connectivity index (χ3v) is 1.07. The fourth-order valence-electron chi connectivity index (χ4n) is 0.622. The van der Waals surface area contributed by atoms with Crippen molar-refractivity contribution in [1.29, 1.82) is 0 Å². The molecule has 0 aliphatic rings. The van der Waals surface area contributed by atoms with E-state index < -0.39 is 11.8 Å². The van der Waals surface area contributed by atoms with Gasteiger partial charge in [0.2, 0.25) is 0 Å². The van der Waals surface area contributed by atoms with Crippen LogP contribution in [-0.4, -0.2) is 11.1 Å². The molecule has 0 unspecified atom stereocenters. The zero-order valence-corrected chi connectivity index (χ0v) is 6.35. The Hall–Kier alpha value is -0.886. The molecular formula is C7H5FNiO2. The Morgan fingerprint density at radius 2 is 2.09 bits per heavy atom. The fraction of sp³-hybridized carbons (Fsp3) is 0. The maximum atomic E-state index is 12.3. The summed E-state index contributed by atoms with van der Waals surface area (Å²) in [5, 5.41) is 8.34. The minimum atomic E-state index is -1.11. The number of benzene rings is 1. The molecule has 4 heteroatoms. The van der Waals surface area contributed by atoms with Gasteiger partial charge in [0.15, 0.2) is 0 Å². The number of carboxylic acids is 1. The molecule has 2 nitrogen and oxygen atoms in total. The van der Waals surface area contributed by atoms with Gasteiger partial charge in [-0.2, -0.15) is 0 Å². The van der Waals surface area contributed by atoms with Crippen LogP contribution in [0.4, 0.5) is 4.39 Å². The first-order chi connectivity index (χ1) is 4.70. The van der Waals surface area contributed by atoms with Crippen LogP contribution in [0.1, 0.15) is 10.4 Å². The Labute approximate surface area is 73.0 Å². The average molecular weight is 199 g/mol. The van der Waals surface area contributed by atoms with Gasteiger partial charge in [0.25, 0.3) is 0 Å². The van der Waals surface area contributed by atoms with Crippen LogP contribution < -0.4 is 0 Å². The number of halogens is 1. The molecule has 0 aliphatic heterocycles. The third kappa shape index (κ3) is 2.68. The largest absolute Gasteiger partial charge is 0.478 e. The van der Waals surface area contributed by atoms with Crippen LogP contribution in [-0.2, 0) is 16.5 Å². The summed E-state index contributed by atoms with van der Waals surface area (Å²) in [5.74, 6) is -1.64. The van der Waals surface area contributed by atoms with E-state index in [0.717, 1.165) is 6.07 Å². The van der Waals surface area contributed by atoms with Gasteiger partial charge in [-0.05, 0) is 18.2 Å². The van der Waals surface area contributed by atoms with Crippen molar-refractivity contribution in [3.8, 4) is 0 Å². The fourth-order valence-corrected chi connectivity index (χ4v) is 0.622. The first-order valence-corrected chi connectivity index (χ1v) is 2.69. The van der Waals surface area contributed by atoms with Gasteiger partial charge in [0, 0.05) is 16.5 Å². The number of hydrogen-bond donors (Lipinski definition) is 1. The van der Waals surface area contributed by atoms with Crippen LogP contribution >= 0.6 is 0 Å². The molecule has 0 aliphatic carbocycles. The molecule has 1 aromatic rings. The summed E-state index contributed by atoms with van der Waals surface area (Å²) in [7, 11) is 0. The number of aromatic carboxylic acids is 1. The topological polar surface area (TPSA) is 37.3 Å². The predicted molar refractivity (Wildman–Crippen MR) is 33.4 cm³/mol. The van der Waals surface area contributed by atoms with Crippen LogP contribution in [0.15, 0.2) is 24.3 Å². The molecule has 62 valence electrons. The number of rotatable bonds is 1. The zero-order valence-electron chi connectivity index (χ0n) is 5.36. The Morgan fingerprint density at radius 1 is 1.45 bits per heavy atom. The maximum Gasteiger partial charge on any atom is 0.335 e. The van der Waals surface area contributed by atoms with Crippen LogP contribution in [0.2, 0.25) is 0 Å². The van der Waals surface area contributed by atoms with Gasteiger partial charge in [0.1, 0.15) is 5.82 Å². The molecule has 1 N–H and O–H groups in total. The SMILES string of the molecule is O=C(O)c1cccc(F)c1.[Ni]. The second-order valence-corrected chi connectivity index (χ2v) is 1.82. The Balaban J connectivity index is 0.000001000. The van der Waals surface area contributed by atoms with Crippen LogP contribution in [0.25, 0.3) is 0 Å². The second kappa shape index (κ2) is 4.09. The number of carbonyl (C=O) groups is 1. The number of hydrogen-bond acceptors (Lipinski definition) is 1. The summed E-state index contributed by atoms with van der Waals surface area (Å²) >= 11 is 0. The molecule has 0 radical (unpaired) electrons. The quantitative estimate of drug-likeness (QED) is 0.695. The van der Waals surface area contributed by atoms with E-state index >= 15 is 0 Å². The first kappa shape index (κ1) is 10.1. The minimum Gasteiger partial charge on any atom is -0.478 e. The summed E-state index contributed by atoms with van der Waals surface area (Å²) in [6, 6.07) is 4.87. The maximum absolute atomic E-state index is 12.3. The summed E-state index contributed by atoms with van der Waals surface area (Å²) in [6.45, 7) is 0. The molecule has 0 fully saturated rings. The molecule has 0 aromatic heterocycles. The van der Waals surface area contributed by atoms with E-state index in [-0.39, 0.29) is 22.1 Å². The summed E-state index contributed by atoms with van der Waals surface area (Å²) < 4.78 is 12.3. The zero-order chi connectivity index (χ0) is 7.56. The standard InChI is InChI=1S/C7H5FO2.Ni/c8-6-3-1-2-5(4-6)7(9)10;/h1-4H,(H,9,10);. The van der Waals surface area contributed by atoms with Crippen molar-refractivity contribution in [2.24, 2.45) is 0 Å². The molecule has 1 rings (SSSR count). The van der Waals surface area contributed by atoms with E-state index in [9.17, 15) is 9.18 Å². The van der Waals surface area contributed by atoms with E-state index in [1.165, 1.54) is 18.2 Å². The monoisotopic (exact) mass is 198 g/mol. The summed E-state index contributed by atoms with van der Waals surface area (Å²) in [6.07, 6.45) is 0. The van der Waals surface area contributed by atoms with Gasteiger partial charge in [-0.3, -0.25) is 0 Å². The van der Waals surface area contributed by atoms with Crippen molar-refractivity contribution in [3.63, 3.8) is 0 Å². The third-order valence-electron chi connectivity index (χ3n) is 1.07. The smallest absolute Gasteiger partial charge is 0.335 e. The summed E-state index contributed by atoms with van der Waals surface area (Å²) in [4.78, 5) is 10.2. The van der Waals surface area contributed by atoms with Crippen LogP contribution in [0.3, 0.4) is 0 Å². The molecule has 0 heterocycles. The van der Waals surface area contributed by atoms with Gasteiger partial charge < -0.3 is 5.11 Å². The molecular weight excluding hydrogens is 194 g/mol. The molecule has 0 amide bonds. The van der Waals surface area contributed by atoms with E-state index in [1.807, 2.05) is 0 Å². The van der Waals surface area contributed by atoms with Crippen molar-refractivity contribution in [3.05, 3.63) is 35.6 Å². The molecule has 1 aromatic carbocycles. The van der Waals surface area contributed by atoms with Gasteiger partial charge >= 0.3 is 5.97 Å². The van der Waals surface area contributed by atoms with Crippen LogP contribution in [0.5, 0.6) is 0 Å². The van der Waals surface area contributed by atoms with E-state index in [1.54, 1.807) is 0 Å². The van der Waals surface area contributed by atoms with Crippen molar-refractivity contribution in [2.75, 3.05) is 0 Å². The van der Waals surface area contributed by atoms with Crippen LogP contribution in [0, 0.1) is 5.82 Å². The molecule has 11 heavy (non-hydrogen) atoms.